The molecule has 0 aromatic carbocycles. The number of aromatic nitrogens is 2. The van der Waals surface area contributed by atoms with Gasteiger partial charge in [0.1, 0.15) is 23.2 Å². The third-order valence-corrected chi connectivity index (χ3v) is 1.47. The monoisotopic (exact) mass is 205 g/mol. The summed E-state index contributed by atoms with van der Waals surface area (Å²) in [6.45, 7) is 0. The fraction of sp³-hybridized carbons (Fsp3) is 0.167. The third kappa shape index (κ3) is 2.64. The average molecular weight is 206 g/mol. The lowest BCUT2D eigenvalue weighted by Crippen LogP contribution is -2.13. The molecule has 64 valence electrons. The molecule has 1 aromatic rings. The zero-order valence-electron chi connectivity index (χ0n) is 5.92. The largest absolute Gasteiger partial charge is 0.310 e. The molecule has 4 nitrogen and oxygen atoms in total. The van der Waals surface area contributed by atoms with E-state index in [1.54, 1.807) is 0 Å². The minimum Gasteiger partial charge on any atom is -0.310 e. The molecule has 0 aliphatic heterocycles. The molecule has 0 saturated carbocycles. The van der Waals surface area contributed by atoms with Crippen molar-refractivity contribution in [1.82, 2.24) is 9.97 Å². The molecule has 0 atom stereocenters. The molecule has 12 heavy (non-hydrogen) atoms. The average Bonchev–Trinajstić information content (AvgIpc) is 2.04. The van der Waals surface area contributed by atoms with Gasteiger partial charge < -0.3 is 5.32 Å². The second kappa shape index (κ2) is 4.23. The van der Waals surface area contributed by atoms with Crippen LogP contribution < -0.4 is 5.32 Å². The number of carbonyl (C=O) groups is 1. The molecule has 1 amide bonds. The zero-order chi connectivity index (χ0) is 8.97. The Kier molecular flexibility index (Phi) is 3.25. The summed E-state index contributed by atoms with van der Waals surface area (Å²) in [6, 6.07) is 1.44. The van der Waals surface area contributed by atoms with E-state index in [1.165, 1.54) is 12.4 Å². The summed E-state index contributed by atoms with van der Waals surface area (Å²) in [7, 11) is 0. The summed E-state index contributed by atoms with van der Waals surface area (Å²) in [5.41, 5.74) is 0. The summed E-state index contributed by atoms with van der Waals surface area (Å²) in [5, 5.41) is 2.70. The first-order valence-electron chi connectivity index (χ1n) is 3.05. The molecular weight excluding hydrogens is 201 g/mol. The van der Waals surface area contributed by atoms with E-state index >= 15 is 0 Å². The number of hydrogen-bond donors (Lipinski definition) is 1. The van der Waals surface area contributed by atoms with Crippen LogP contribution in [0.5, 0.6) is 0 Å². The van der Waals surface area contributed by atoms with Crippen molar-refractivity contribution in [2.75, 3.05) is 11.2 Å². The molecule has 0 spiro atoms. The number of carbonyl (C=O) groups excluding carboxylic acids is 1. The van der Waals surface area contributed by atoms with E-state index < -0.39 is 0 Å². The van der Waals surface area contributed by atoms with Crippen molar-refractivity contribution in [3.8, 4) is 0 Å². The molecule has 0 unspecified atom stereocenters. The first kappa shape index (κ1) is 9.22. The Balaban J connectivity index is 2.69. The van der Waals surface area contributed by atoms with Gasteiger partial charge in [0.25, 0.3) is 0 Å². The second-order valence-corrected chi connectivity index (χ2v) is 2.56. The topological polar surface area (TPSA) is 54.9 Å². The van der Waals surface area contributed by atoms with Crippen LogP contribution in [0.2, 0.25) is 5.15 Å². The predicted octanol–water partition coefficient (Wildman–Crippen LogP) is 1.31. The molecule has 0 saturated heterocycles. The van der Waals surface area contributed by atoms with Gasteiger partial charge in [0, 0.05) is 6.07 Å². The molecule has 1 heterocycles. The molecule has 6 heteroatoms. The highest BCUT2D eigenvalue weighted by Gasteiger charge is 2.00. The molecule has 0 aliphatic carbocycles. The lowest BCUT2D eigenvalue weighted by molar-refractivity contribution is -0.113. The number of rotatable bonds is 2. The van der Waals surface area contributed by atoms with Crippen molar-refractivity contribution < 1.29 is 4.79 Å². The Labute approximate surface area is 78.9 Å². The summed E-state index contributed by atoms with van der Waals surface area (Å²) in [4.78, 5) is 18.1. The molecule has 0 fully saturated rings. The SMILES string of the molecule is O=C(CCl)Nc1cc(Cl)ncn1. The Hall–Kier alpha value is -0.870. The Morgan fingerprint density at radius 3 is 2.92 bits per heavy atom. The fourth-order valence-corrected chi connectivity index (χ4v) is 0.792. The van der Waals surface area contributed by atoms with Gasteiger partial charge in [0.05, 0.1) is 0 Å². The minimum absolute atomic E-state index is 0.110. The van der Waals surface area contributed by atoms with E-state index in [0.717, 1.165) is 0 Å². The van der Waals surface area contributed by atoms with Crippen LogP contribution >= 0.6 is 23.2 Å². The first-order valence-corrected chi connectivity index (χ1v) is 3.97. The number of nitrogens with zero attached hydrogens (tertiary/aromatic N) is 2. The van der Waals surface area contributed by atoms with Gasteiger partial charge in [0.2, 0.25) is 5.91 Å². The van der Waals surface area contributed by atoms with E-state index in [2.05, 4.69) is 15.3 Å². The number of alkyl halides is 1. The van der Waals surface area contributed by atoms with Crippen LogP contribution in [0.15, 0.2) is 12.4 Å². The van der Waals surface area contributed by atoms with Crippen LogP contribution in [0, 0.1) is 0 Å². The van der Waals surface area contributed by atoms with E-state index in [1.807, 2.05) is 0 Å². The fourth-order valence-electron chi connectivity index (χ4n) is 0.578. The summed E-state index contributed by atoms with van der Waals surface area (Å²) < 4.78 is 0. The van der Waals surface area contributed by atoms with Crippen molar-refractivity contribution in [2.24, 2.45) is 0 Å². The Morgan fingerprint density at radius 1 is 1.58 bits per heavy atom. The standard InChI is InChI=1S/C6H5Cl2N3O/c7-2-6(12)11-5-1-4(8)9-3-10-5/h1,3H,2H2,(H,9,10,11,12). The maximum atomic E-state index is 10.7. The number of halogens is 2. The number of anilines is 1. The molecule has 0 radical (unpaired) electrons. The maximum Gasteiger partial charge on any atom is 0.240 e. The van der Waals surface area contributed by atoms with Crippen molar-refractivity contribution >= 4 is 34.9 Å². The lowest BCUT2D eigenvalue weighted by Gasteiger charge is -1.99. The number of hydrogen-bond acceptors (Lipinski definition) is 3. The smallest absolute Gasteiger partial charge is 0.240 e. The summed E-state index contributed by atoms with van der Waals surface area (Å²) >= 11 is 10.8. The van der Waals surface area contributed by atoms with Gasteiger partial charge in [-0.25, -0.2) is 9.97 Å². The molecule has 1 rings (SSSR count). The molecule has 1 aromatic heterocycles. The maximum absolute atomic E-state index is 10.7. The van der Waals surface area contributed by atoms with Crippen molar-refractivity contribution in [3.63, 3.8) is 0 Å². The predicted molar refractivity (Wildman–Crippen MR) is 46.4 cm³/mol. The van der Waals surface area contributed by atoms with Gasteiger partial charge in [-0.2, -0.15) is 0 Å². The van der Waals surface area contributed by atoms with E-state index in [9.17, 15) is 4.79 Å². The zero-order valence-corrected chi connectivity index (χ0v) is 7.43. The normalized spacial score (nSPS) is 9.50. The highest BCUT2D eigenvalue weighted by molar-refractivity contribution is 6.30. The van der Waals surface area contributed by atoms with Gasteiger partial charge in [-0.3, -0.25) is 4.79 Å². The van der Waals surface area contributed by atoms with Gasteiger partial charge in [-0.15, -0.1) is 11.6 Å². The van der Waals surface area contributed by atoms with E-state index in [4.69, 9.17) is 23.2 Å². The molecule has 0 bridgehead atoms. The quantitative estimate of drug-likeness (QED) is 0.586. The number of nitrogens with one attached hydrogen (secondary N) is 1. The van der Waals surface area contributed by atoms with Crippen molar-refractivity contribution in [1.29, 1.82) is 0 Å². The molecular formula is C6H5Cl2N3O. The second-order valence-electron chi connectivity index (χ2n) is 1.91. The van der Waals surface area contributed by atoms with Crippen LogP contribution in [0.1, 0.15) is 0 Å². The van der Waals surface area contributed by atoms with Crippen LogP contribution in [-0.4, -0.2) is 21.8 Å². The highest BCUT2D eigenvalue weighted by atomic mass is 35.5. The van der Waals surface area contributed by atoms with E-state index in [-0.39, 0.29) is 16.9 Å². The lowest BCUT2D eigenvalue weighted by atomic mass is 10.5. The highest BCUT2D eigenvalue weighted by Crippen LogP contribution is 2.07. The Morgan fingerprint density at radius 2 is 2.33 bits per heavy atom. The molecule has 0 aliphatic rings. The van der Waals surface area contributed by atoms with Crippen molar-refractivity contribution in [3.05, 3.63) is 17.5 Å². The summed E-state index contributed by atoms with van der Waals surface area (Å²) in [5.74, 6) is -0.0891. The van der Waals surface area contributed by atoms with Crippen molar-refractivity contribution in [2.45, 2.75) is 0 Å². The van der Waals surface area contributed by atoms with Crippen LogP contribution in [-0.2, 0) is 4.79 Å². The minimum atomic E-state index is -0.327. The summed E-state index contributed by atoms with van der Waals surface area (Å²) in [6.07, 6.45) is 1.26. The first-order chi connectivity index (χ1) is 5.72. The van der Waals surface area contributed by atoms with Gasteiger partial charge in [0.15, 0.2) is 0 Å². The third-order valence-electron chi connectivity index (χ3n) is 1.02. The van der Waals surface area contributed by atoms with Crippen LogP contribution in [0.25, 0.3) is 0 Å². The van der Waals surface area contributed by atoms with Gasteiger partial charge >= 0.3 is 0 Å². The van der Waals surface area contributed by atoms with Gasteiger partial charge in [-0.05, 0) is 0 Å². The van der Waals surface area contributed by atoms with Crippen LogP contribution in [0.4, 0.5) is 5.82 Å². The van der Waals surface area contributed by atoms with E-state index in [0.29, 0.717) is 5.82 Å². The molecule has 1 N–H and O–H groups in total. The Bertz CT molecular complexity index is 292. The van der Waals surface area contributed by atoms with Gasteiger partial charge in [-0.1, -0.05) is 11.6 Å². The number of amides is 1. The van der Waals surface area contributed by atoms with Crippen LogP contribution in [0.3, 0.4) is 0 Å².